The largest absolute Gasteiger partial charge is 0.379 e. The van der Waals surface area contributed by atoms with E-state index < -0.39 is 0 Å². The number of rotatable bonds is 7. The first-order valence-corrected chi connectivity index (χ1v) is 11.2. The molecule has 2 aromatic heterocycles. The zero-order chi connectivity index (χ0) is 23.5. The van der Waals surface area contributed by atoms with Crippen LogP contribution in [0, 0.1) is 11.3 Å². The number of carbonyl (C=O) groups is 1. The number of likely N-dealkylation sites (N-methyl/N-ethyl adjacent to an activating group) is 1. The van der Waals surface area contributed by atoms with Crippen molar-refractivity contribution in [2.24, 2.45) is 0 Å². The van der Waals surface area contributed by atoms with Gasteiger partial charge >= 0.3 is 0 Å². The number of ether oxygens (including phenoxy) is 1. The monoisotopic (exact) mass is 453 g/mol. The third kappa shape index (κ3) is 7.10. The molecular formula is C23H31N7O3. The minimum atomic E-state index is -0.0981. The summed E-state index contributed by atoms with van der Waals surface area (Å²) in [5.41, 5.74) is 2.24. The molecule has 2 aromatic rings. The Morgan fingerprint density at radius 1 is 1.18 bits per heavy atom. The second-order valence-electron chi connectivity index (χ2n) is 8.03. The number of aldehydes is 1. The second kappa shape index (κ2) is 12.7. The molecular weight excluding hydrogens is 422 g/mol. The number of anilines is 2. The predicted molar refractivity (Wildman–Crippen MR) is 126 cm³/mol. The van der Waals surface area contributed by atoms with Gasteiger partial charge in [0.1, 0.15) is 18.2 Å². The molecule has 10 nitrogen and oxygen atoms in total. The fraction of sp³-hybridized carbons (Fsp3) is 0.522. The van der Waals surface area contributed by atoms with Gasteiger partial charge in [-0.1, -0.05) is 0 Å². The van der Waals surface area contributed by atoms with Crippen molar-refractivity contribution in [1.29, 1.82) is 5.26 Å². The summed E-state index contributed by atoms with van der Waals surface area (Å²) < 4.78 is 5.34. The van der Waals surface area contributed by atoms with Crippen molar-refractivity contribution in [2.75, 3.05) is 69.3 Å². The summed E-state index contributed by atoms with van der Waals surface area (Å²) in [7, 11) is 2.13. The quantitative estimate of drug-likeness (QED) is 0.480. The van der Waals surface area contributed by atoms with Crippen molar-refractivity contribution in [3.05, 3.63) is 46.0 Å². The van der Waals surface area contributed by atoms with Gasteiger partial charge in [-0.25, -0.2) is 10.1 Å². The van der Waals surface area contributed by atoms with Gasteiger partial charge in [-0.2, -0.15) is 10.4 Å². The maximum Gasteiger partial charge on any atom is 0.269 e. The van der Waals surface area contributed by atoms with E-state index in [-0.39, 0.29) is 5.56 Å². The Labute approximate surface area is 193 Å². The fourth-order valence-electron chi connectivity index (χ4n) is 3.81. The van der Waals surface area contributed by atoms with Gasteiger partial charge in [0.15, 0.2) is 0 Å². The van der Waals surface area contributed by atoms with E-state index in [0.29, 0.717) is 25.2 Å². The van der Waals surface area contributed by atoms with Crippen LogP contribution in [0.2, 0.25) is 0 Å². The highest BCUT2D eigenvalue weighted by atomic mass is 16.5. The molecule has 176 valence electrons. The van der Waals surface area contributed by atoms with Crippen LogP contribution >= 0.6 is 0 Å². The lowest BCUT2D eigenvalue weighted by atomic mass is 10.1. The summed E-state index contributed by atoms with van der Waals surface area (Å²) in [6.45, 7) is 6.80. The third-order valence-electron chi connectivity index (χ3n) is 5.72. The highest BCUT2D eigenvalue weighted by molar-refractivity contribution is 5.52. The van der Waals surface area contributed by atoms with Crippen molar-refractivity contribution in [2.45, 2.75) is 19.3 Å². The maximum absolute atomic E-state index is 11.6. The van der Waals surface area contributed by atoms with Crippen molar-refractivity contribution in [1.82, 2.24) is 20.1 Å². The summed E-state index contributed by atoms with van der Waals surface area (Å²) in [6, 6.07) is 5.82. The van der Waals surface area contributed by atoms with E-state index in [9.17, 15) is 9.59 Å². The van der Waals surface area contributed by atoms with E-state index in [2.05, 4.69) is 43.0 Å². The molecule has 0 aromatic carbocycles. The smallest absolute Gasteiger partial charge is 0.269 e. The van der Waals surface area contributed by atoms with E-state index in [4.69, 9.17) is 10.00 Å². The van der Waals surface area contributed by atoms with Gasteiger partial charge in [0.2, 0.25) is 0 Å². The summed E-state index contributed by atoms with van der Waals surface area (Å²) in [6.07, 6.45) is 6.37. The average Bonchev–Trinajstić information content (AvgIpc) is 2.85. The van der Waals surface area contributed by atoms with E-state index in [1.807, 2.05) is 12.1 Å². The molecule has 4 heterocycles. The third-order valence-corrected chi connectivity index (χ3v) is 5.72. The van der Waals surface area contributed by atoms with Crippen LogP contribution in [-0.4, -0.2) is 85.9 Å². The number of carbonyl (C=O) groups excluding carboxylic acids is 1. The fourth-order valence-corrected chi connectivity index (χ4v) is 3.81. The minimum Gasteiger partial charge on any atom is -0.379 e. The van der Waals surface area contributed by atoms with Crippen LogP contribution in [0.25, 0.3) is 0 Å². The molecule has 0 unspecified atom stereocenters. The normalized spacial score (nSPS) is 15.8. The Morgan fingerprint density at radius 3 is 2.70 bits per heavy atom. The second-order valence-corrected chi connectivity index (χ2v) is 8.03. The number of H-pyrrole nitrogens is 1. The van der Waals surface area contributed by atoms with Crippen molar-refractivity contribution in [3.8, 4) is 6.07 Å². The van der Waals surface area contributed by atoms with Gasteiger partial charge in [0.25, 0.3) is 5.56 Å². The molecule has 2 aliphatic rings. The van der Waals surface area contributed by atoms with Crippen molar-refractivity contribution >= 4 is 17.8 Å². The van der Waals surface area contributed by atoms with E-state index in [1.165, 1.54) is 0 Å². The van der Waals surface area contributed by atoms with Crippen LogP contribution < -0.4 is 15.4 Å². The lowest BCUT2D eigenvalue weighted by Gasteiger charge is -2.33. The molecule has 0 aliphatic carbocycles. The number of hydrogen-bond acceptors (Lipinski definition) is 9. The number of hydrogen-bond donors (Lipinski definition) is 1. The molecule has 0 saturated carbocycles. The van der Waals surface area contributed by atoms with Crippen LogP contribution in [0.3, 0.4) is 0 Å². The zero-order valence-corrected chi connectivity index (χ0v) is 19.1. The first-order chi connectivity index (χ1) is 16.1. The average molecular weight is 454 g/mol. The first kappa shape index (κ1) is 24.4. The molecule has 0 atom stereocenters. The van der Waals surface area contributed by atoms with Gasteiger partial charge in [-0.15, -0.1) is 0 Å². The zero-order valence-electron chi connectivity index (χ0n) is 19.1. The standard InChI is InChI=1S/C12H17N3O3.C11H14N4/c16-6-2-7-18-8-5-15-4-1-3-10-11(15)9-13-14-12(10)17;1-14-4-6-15(7-5-14)11-3-2-10(8-12)9-13-11/h6,9H,1-5,7-8H2,(H,14,17);2-3,9H,4-7H2,1H3. The number of nitrogens with zero attached hydrogens (tertiary/aromatic N) is 6. The lowest BCUT2D eigenvalue weighted by molar-refractivity contribution is -0.108. The Hall–Kier alpha value is -3.29. The molecule has 10 heteroatoms. The number of pyridine rings is 1. The van der Waals surface area contributed by atoms with Crippen LogP contribution in [0.1, 0.15) is 24.0 Å². The van der Waals surface area contributed by atoms with Gasteiger partial charge in [0.05, 0.1) is 30.7 Å². The highest BCUT2D eigenvalue weighted by Crippen LogP contribution is 2.22. The molecule has 0 spiro atoms. The lowest BCUT2D eigenvalue weighted by Crippen LogP contribution is -2.44. The molecule has 0 amide bonds. The molecule has 1 fully saturated rings. The van der Waals surface area contributed by atoms with Gasteiger partial charge in [-0.3, -0.25) is 4.79 Å². The Bertz CT molecular complexity index is 979. The summed E-state index contributed by atoms with van der Waals surface area (Å²) in [5.74, 6) is 0.974. The van der Waals surface area contributed by atoms with Gasteiger partial charge in [0, 0.05) is 57.4 Å². The molecule has 33 heavy (non-hydrogen) atoms. The topological polar surface area (TPSA) is 118 Å². The number of piperazine rings is 1. The highest BCUT2D eigenvalue weighted by Gasteiger charge is 2.19. The van der Waals surface area contributed by atoms with Crippen LogP contribution in [0.5, 0.6) is 0 Å². The van der Waals surface area contributed by atoms with Crippen LogP contribution in [0.15, 0.2) is 29.3 Å². The first-order valence-electron chi connectivity index (χ1n) is 11.2. The number of aromatic amines is 1. The number of fused-ring (bicyclic) bond motifs is 1. The Kier molecular flexibility index (Phi) is 9.35. The number of nitriles is 1. The molecule has 0 bridgehead atoms. The summed E-state index contributed by atoms with van der Waals surface area (Å²) >= 11 is 0. The van der Waals surface area contributed by atoms with E-state index in [0.717, 1.165) is 75.5 Å². The maximum atomic E-state index is 11.6. The Morgan fingerprint density at radius 2 is 2.00 bits per heavy atom. The van der Waals surface area contributed by atoms with Crippen molar-refractivity contribution < 1.29 is 9.53 Å². The molecule has 1 N–H and O–H groups in total. The minimum absolute atomic E-state index is 0.0981. The van der Waals surface area contributed by atoms with Crippen molar-refractivity contribution in [3.63, 3.8) is 0 Å². The molecule has 4 rings (SSSR count). The number of nitrogens with one attached hydrogen (secondary N) is 1. The SMILES string of the molecule is CN1CCN(c2ccc(C#N)cn2)CC1.O=CCCOCCN1CCCc2c1cn[nH]c2=O. The summed E-state index contributed by atoms with van der Waals surface area (Å²) in [4.78, 5) is 32.7. The number of aromatic nitrogens is 3. The molecule has 2 aliphatic heterocycles. The predicted octanol–water partition coefficient (Wildman–Crippen LogP) is 0.833. The Balaban J connectivity index is 0.000000189. The molecule has 0 radical (unpaired) electrons. The van der Waals surface area contributed by atoms with E-state index in [1.54, 1.807) is 12.4 Å². The van der Waals surface area contributed by atoms with Gasteiger partial charge < -0.3 is 24.2 Å². The molecule has 1 saturated heterocycles. The van der Waals surface area contributed by atoms with Crippen LogP contribution in [0.4, 0.5) is 11.5 Å². The van der Waals surface area contributed by atoms with Crippen LogP contribution in [-0.2, 0) is 16.0 Å². The van der Waals surface area contributed by atoms with Gasteiger partial charge in [-0.05, 0) is 32.0 Å². The van der Waals surface area contributed by atoms with E-state index >= 15 is 0 Å². The summed E-state index contributed by atoms with van der Waals surface area (Å²) in [5, 5.41) is 15.0.